The molecule has 23 heavy (non-hydrogen) atoms. The van der Waals surface area contributed by atoms with Gasteiger partial charge in [-0.25, -0.2) is 0 Å². The molecule has 1 N–H and O–H groups in total. The molecule has 0 aliphatic rings. The van der Waals surface area contributed by atoms with Crippen LogP contribution in [-0.4, -0.2) is 27.7 Å². The Morgan fingerprint density at radius 1 is 1.52 bits per heavy atom. The van der Waals surface area contributed by atoms with E-state index in [2.05, 4.69) is 33.0 Å². The highest BCUT2D eigenvalue weighted by molar-refractivity contribution is 14.1. The van der Waals surface area contributed by atoms with Gasteiger partial charge in [0.05, 0.1) is 40.1 Å². The molecule has 1 aromatic heterocycles. The van der Waals surface area contributed by atoms with Crippen LogP contribution in [0.2, 0.25) is 0 Å². The average molecular weight is 430 g/mol. The lowest BCUT2D eigenvalue weighted by Gasteiger charge is -2.10. The van der Waals surface area contributed by atoms with E-state index in [-0.39, 0.29) is 23.8 Å². The van der Waals surface area contributed by atoms with Crippen molar-refractivity contribution in [3.63, 3.8) is 0 Å². The predicted molar refractivity (Wildman–Crippen MR) is 92.6 cm³/mol. The predicted octanol–water partition coefficient (Wildman–Crippen LogP) is 2.74. The van der Waals surface area contributed by atoms with Crippen LogP contribution < -0.4 is 10.1 Å². The summed E-state index contributed by atoms with van der Waals surface area (Å²) in [7, 11) is 1.39. The van der Waals surface area contributed by atoms with Gasteiger partial charge < -0.3 is 10.1 Å². The Morgan fingerprint density at radius 3 is 2.83 bits per heavy atom. The van der Waals surface area contributed by atoms with Gasteiger partial charge in [0, 0.05) is 18.2 Å². The number of amides is 1. The molecule has 0 saturated heterocycles. The molecule has 0 atom stereocenters. The number of hydrogen-bond donors (Lipinski definition) is 1. The SMILES string of the molecule is COc1cc([N+](=O)[O-])ccc1NC(=O)CCn1ncc(I)c1C. The third kappa shape index (κ3) is 4.18. The lowest BCUT2D eigenvalue weighted by Crippen LogP contribution is -2.16. The van der Waals surface area contributed by atoms with Gasteiger partial charge in [-0.05, 0) is 35.6 Å². The summed E-state index contributed by atoms with van der Waals surface area (Å²) in [5.41, 5.74) is 1.31. The monoisotopic (exact) mass is 430 g/mol. The highest BCUT2D eigenvalue weighted by Gasteiger charge is 2.14. The van der Waals surface area contributed by atoms with Crippen LogP contribution in [0.1, 0.15) is 12.1 Å². The first-order chi connectivity index (χ1) is 10.9. The van der Waals surface area contributed by atoms with Crippen molar-refractivity contribution >= 4 is 39.9 Å². The number of carbonyl (C=O) groups is 1. The number of aromatic nitrogens is 2. The first-order valence-corrected chi connectivity index (χ1v) is 7.80. The second-order valence-corrected chi connectivity index (χ2v) is 5.90. The van der Waals surface area contributed by atoms with Crippen molar-refractivity contribution in [2.75, 3.05) is 12.4 Å². The molecule has 1 amide bonds. The zero-order valence-electron chi connectivity index (χ0n) is 12.6. The van der Waals surface area contributed by atoms with E-state index >= 15 is 0 Å². The van der Waals surface area contributed by atoms with E-state index in [0.29, 0.717) is 12.2 Å². The molecular weight excluding hydrogens is 415 g/mol. The fraction of sp³-hybridized carbons (Fsp3) is 0.286. The maximum absolute atomic E-state index is 12.0. The molecule has 0 aliphatic heterocycles. The lowest BCUT2D eigenvalue weighted by molar-refractivity contribution is -0.384. The summed E-state index contributed by atoms with van der Waals surface area (Å²) in [6.07, 6.45) is 1.98. The largest absolute Gasteiger partial charge is 0.494 e. The number of anilines is 1. The van der Waals surface area contributed by atoms with E-state index in [1.54, 1.807) is 10.9 Å². The van der Waals surface area contributed by atoms with Crippen molar-refractivity contribution in [1.29, 1.82) is 0 Å². The molecule has 8 nitrogen and oxygen atoms in total. The number of nitrogens with one attached hydrogen (secondary N) is 1. The van der Waals surface area contributed by atoms with Gasteiger partial charge in [-0.1, -0.05) is 0 Å². The van der Waals surface area contributed by atoms with E-state index in [0.717, 1.165) is 9.26 Å². The molecule has 0 bridgehead atoms. The summed E-state index contributed by atoms with van der Waals surface area (Å²) in [5, 5.41) is 17.6. The van der Waals surface area contributed by atoms with Crippen molar-refractivity contribution < 1.29 is 14.5 Å². The van der Waals surface area contributed by atoms with E-state index < -0.39 is 4.92 Å². The fourth-order valence-corrected chi connectivity index (χ4v) is 2.37. The van der Waals surface area contributed by atoms with Gasteiger partial charge in [-0.2, -0.15) is 5.10 Å². The Balaban J connectivity index is 2.02. The number of rotatable bonds is 6. The molecule has 0 radical (unpaired) electrons. The van der Waals surface area contributed by atoms with E-state index in [9.17, 15) is 14.9 Å². The molecular formula is C14H15IN4O4. The molecule has 1 heterocycles. The number of halogens is 1. The van der Waals surface area contributed by atoms with Crippen LogP contribution in [0.5, 0.6) is 5.75 Å². The van der Waals surface area contributed by atoms with Gasteiger partial charge in [0.1, 0.15) is 5.75 Å². The number of non-ortho nitro benzene ring substituents is 1. The molecule has 2 aromatic rings. The van der Waals surface area contributed by atoms with Crippen LogP contribution in [0.15, 0.2) is 24.4 Å². The maximum atomic E-state index is 12.0. The number of ether oxygens (including phenoxy) is 1. The molecule has 0 fully saturated rings. The van der Waals surface area contributed by atoms with Gasteiger partial charge in [-0.3, -0.25) is 19.6 Å². The molecule has 0 aliphatic carbocycles. The number of nitrogens with zero attached hydrogens (tertiary/aromatic N) is 3. The number of aryl methyl sites for hydroxylation is 1. The van der Waals surface area contributed by atoms with Crippen molar-refractivity contribution in [2.24, 2.45) is 0 Å². The first kappa shape index (κ1) is 17.2. The third-order valence-corrected chi connectivity index (χ3v) is 4.32. The number of methoxy groups -OCH3 is 1. The second-order valence-electron chi connectivity index (χ2n) is 4.74. The topological polar surface area (TPSA) is 99.3 Å². The van der Waals surface area contributed by atoms with Crippen LogP contribution in [0, 0.1) is 20.6 Å². The minimum absolute atomic E-state index is 0.0957. The van der Waals surface area contributed by atoms with Crippen LogP contribution in [0.3, 0.4) is 0 Å². The molecule has 2 rings (SSSR count). The number of nitro groups is 1. The molecule has 9 heteroatoms. The quantitative estimate of drug-likeness (QED) is 0.432. The van der Waals surface area contributed by atoms with Crippen molar-refractivity contribution in [3.8, 4) is 5.75 Å². The van der Waals surface area contributed by atoms with E-state index in [4.69, 9.17) is 4.74 Å². The Morgan fingerprint density at radius 2 is 2.26 bits per heavy atom. The summed E-state index contributed by atoms with van der Waals surface area (Å²) in [6, 6.07) is 4.05. The van der Waals surface area contributed by atoms with Crippen LogP contribution >= 0.6 is 22.6 Å². The minimum Gasteiger partial charge on any atom is -0.494 e. The van der Waals surface area contributed by atoms with Gasteiger partial charge in [-0.15, -0.1) is 0 Å². The average Bonchev–Trinajstić information content (AvgIpc) is 2.84. The number of benzene rings is 1. The second kappa shape index (κ2) is 7.40. The Hall–Kier alpha value is -2.17. The van der Waals surface area contributed by atoms with E-state index in [1.807, 2.05) is 6.92 Å². The maximum Gasteiger partial charge on any atom is 0.273 e. The zero-order chi connectivity index (χ0) is 17.0. The highest BCUT2D eigenvalue weighted by Crippen LogP contribution is 2.29. The van der Waals surface area contributed by atoms with Gasteiger partial charge >= 0.3 is 0 Å². The summed E-state index contributed by atoms with van der Waals surface area (Å²) in [4.78, 5) is 22.3. The summed E-state index contributed by atoms with van der Waals surface area (Å²) >= 11 is 2.18. The van der Waals surface area contributed by atoms with Gasteiger partial charge in [0.2, 0.25) is 5.91 Å². The van der Waals surface area contributed by atoms with Crippen LogP contribution in [0.25, 0.3) is 0 Å². The molecule has 122 valence electrons. The zero-order valence-corrected chi connectivity index (χ0v) is 14.7. The van der Waals surface area contributed by atoms with Gasteiger partial charge in [0.25, 0.3) is 5.69 Å². The van der Waals surface area contributed by atoms with Crippen molar-refractivity contribution in [1.82, 2.24) is 9.78 Å². The van der Waals surface area contributed by atoms with Crippen LogP contribution in [0.4, 0.5) is 11.4 Å². The van der Waals surface area contributed by atoms with Crippen molar-refractivity contribution in [3.05, 3.63) is 43.8 Å². The smallest absolute Gasteiger partial charge is 0.273 e. The number of carbonyl (C=O) groups excluding carboxylic acids is 1. The Bertz CT molecular complexity index is 744. The molecule has 0 spiro atoms. The van der Waals surface area contributed by atoms with E-state index in [1.165, 1.54) is 25.3 Å². The molecule has 0 unspecified atom stereocenters. The standard InChI is InChI=1S/C14H15IN4O4/c1-9-11(15)8-16-18(9)6-5-14(20)17-12-4-3-10(19(21)22)7-13(12)23-2/h3-4,7-8H,5-6H2,1-2H3,(H,17,20). The molecule has 0 saturated carbocycles. The van der Waals surface area contributed by atoms with Crippen molar-refractivity contribution in [2.45, 2.75) is 19.9 Å². The molecule has 1 aromatic carbocycles. The first-order valence-electron chi connectivity index (χ1n) is 6.72. The number of nitro benzene ring substituents is 1. The highest BCUT2D eigenvalue weighted by atomic mass is 127. The van der Waals surface area contributed by atoms with Gasteiger partial charge in [0.15, 0.2) is 0 Å². The summed E-state index contributed by atoms with van der Waals surface area (Å²) in [6.45, 7) is 2.39. The minimum atomic E-state index is -0.518. The number of hydrogen-bond acceptors (Lipinski definition) is 5. The Kier molecular flexibility index (Phi) is 5.53. The normalized spacial score (nSPS) is 10.4. The Labute approximate surface area is 146 Å². The third-order valence-electron chi connectivity index (χ3n) is 3.26. The summed E-state index contributed by atoms with van der Waals surface area (Å²) < 4.78 is 7.88. The summed E-state index contributed by atoms with van der Waals surface area (Å²) in [5.74, 6) is 0.0272. The lowest BCUT2D eigenvalue weighted by atomic mass is 10.2. The van der Waals surface area contributed by atoms with Crippen LogP contribution in [-0.2, 0) is 11.3 Å². The fourth-order valence-electron chi connectivity index (χ4n) is 1.97.